The summed E-state index contributed by atoms with van der Waals surface area (Å²) in [5, 5.41) is 20.1. The topological polar surface area (TPSA) is 101 Å². The SMILES string of the molecule is Cc1cc(C)c([N+](=O)[O-])c(C)c1C(=O)N(C)CC(C)C(=O)O. The lowest BCUT2D eigenvalue weighted by Gasteiger charge is -2.22. The number of nitro groups is 1. The smallest absolute Gasteiger partial charge is 0.308 e. The molecule has 1 rings (SSSR count). The molecular weight excluding hydrogens is 288 g/mol. The van der Waals surface area contributed by atoms with Gasteiger partial charge in [0.1, 0.15) is 0 Å². The van der Waals surface area contributed by atoms with E-state index in [1.165, 1.54) is 18.9 Å². The van der Waals surface area contributed by atoms with Gasteiger partial charge >= 0.3 is 5.97 Å². The lowest BCUT2D eigenvalue weighted by atomic mass is 9.96. The summed E-state index contributed by atoms with van der Waals surface area (Å²) in [7, 11) is 1.49. The number of amides is 1. The molecule has 1 amide bonds. The van der Waals surface area contributed by atoms with Crippen LogP contribution in [0.25, 0.3) is 0 Å². The van der Waals surface area contributed by atoms with Crippen LogP contribution in [0.15, 0.2) is 6.07 Å². The fraction of sp³-hybridized carbons (Fsp3) is 0.467. The van der Waals surface area contributed by atoms with Gasteiger partial charge in [-0.15, -0.1) is 0 Å². The lowest BCUT2D eigenvalue weighted by molar-refractivity contribution is -0.386. The number of carbonyl (C=O) groups is 2. The molecule has 1 unspecified atom stereocenters. The predicted molar refractivity (Wildman–Crippen MR) is 81.1 cm³/mol. The number of carboxylic acids is 1. The summed E-state index contributed by atoms with van der Waals surface area (Å²) in [6.07, 6.45) is 0. The maximum absolute atomic E-state index is 12.5. The fourth-order valence-electron chi connectivity index (χ4n) is 2.55. The van der Waals surface area contributed by atoms with Gasteiger partial charge in [0, 0.05) is 24.7 Å². The zero-order chi connectivity index (χ0) is 17.2. The highest BCUT2D eigenvalue weighted by Gasteiger charge is 2.26. The number of aliphatic carboxylic acids is 1. The van der Waals surface area contributed by atoms with Crippen molar-refractivity contribution in [1.29, 1.82) is 0 Å². The monoisotopic (exact) mass is 308 g/mol. The minimum absolute atomic E-state index is 0.0364. The van der Waals surface area contributed by atoms with Crippen LogP contribution >= 0.6 is 0 Å². The first-order chi connectivity index (χ1) is 10.1. The molecule has 0 aliphatic rings. The van der Waals surface area contributed by atoms with Crippen molar-refractivity contribution in [3.05, 3.63) is 38.4 Å². The number of hydrogen-bond acceptors (Lipinski definition) is 4. The number of nitrogens with zero attached hydrogens (tertiary/aromatic N) is 2. The molecule has 0 saturated heterocycles. The van der Waals surface area contributed by atoms with E-state index in [9.17, 15) is 19.7 Å². The van der Waals surface area contributed by atoms with E-state index in [-0.39, 0.29) is 17.8 Å². The Bertz CT molecular complexity index is 639. The minimum Gasteiger partial charge on any atom is -0.481 e. The van der Waals surface area contributed by atoms with Gasteiger partial charge in [-0.1, -0.05) is 6.92 Å². The Morgan fingerprint density at radius 3 is 2.32 bits per heavy atom. The number of carboxylic acid groups (broad SMARTS) is 1. The molecule has 0 fully saturated rings. The van der Waals surface area contributed by atoms with Crippen molar-refractivity contribution in [2.45, 2.75) is 27.7 Å². The highest BCUT2D eigenvalue weighted by atomic mass is 16.6. The number of nitro benzene ring substituents is 1. The van der Waals surface area contributed by atoms with Crippen molar-refractivity contribution in [2.24, 2.45) is 5.92 Å². The van der Waals surface area contributed by atoms with Gasteiger partial charge in [0.2, 0.25) is 0 Å². The van der Waals surface area contributed by atoms with E-state index in [4.69, 9.17) is 5.11 Å². The highest BCUT2D eigenvalue weighted by molar-refractivity contribution is 5.98. The van der Waals surface area contributed by atoms with Gasteiger partial charge in [0.15, 0.2) is 0 Å². The number of aryl methyl sites for hydroxylation is 2. The standard InChI is InChI=1S/C15H20N2O5/c1-8-6-9(2)13(17(21)22)11(4)12(8)14(18)16(5)7-10(3)15(19)20/h6,10H,7H2,1-5H3,(H,19,20). The molecule has 0 heterocycles. The van der Waals surface area contributed by atoms with Crippen LogP contribution in [0.5, 0.6) is 0 Å². The first-order valence-corrected chi connectivity index (χ1v) is 6.81. The van der Waals surface area contributed by atoms with Gasteiger partial charge < -0.3 is 10.0 Å². The molecule has 7 heteroatoms. The Morgan fingerprint density at radius 2 is 1.86 bits per heavy atom. The molecule has 7 nitrogen and oxygen atoms in total. The molecule has 120 valence electrons. The molecule has 22 heavy (non-hydrogen) atoms. The molecule has 0 saturated carbocycles. The molecule has 1 N–H and O–H groups in total. The average molecular weight is 308 g/mol. The van der Waals surface area contributed by atoms with E-state index in [1.54, 1.807) is 26.8 Å². The molecule has 1 aromatic carbocycles. The zero-order valence-electron chi connectivity index (χ0n) is 13.3. The Kier molecular flexibility index (Phi) is 5.24. The quantitative estimate of drug-likeness (QED) is 0.664. The Hall–Kier alpha value is -2.44. The van der Waals surface area contributed by atoms with Crippen molar-refractivity contribution in [1.82, 2.24) is 4.90 Å². The molecule has 0 radical (unpaired) electrons. The third kappa shape index (κ3) is 3.41. The van der Waals surface area contributed by atoms with Gasteiger partial charge in [-0.25, -0.2) is 0 Å². The molecule has 0 aliphatic carbocycles. The Labute approximate surface area is 128 Å². The van der Waals surface area contributed by atoms with Crippen molar-refractivity contribution in [2.75, 3.05) is 13.6 Å². The number of benzene rings is 1. The fourth-order valence-corrected chi connectivity index (χ4v) is 2.55. The van der Waals surface area contributed by atoms with Crippen LogP contribution in [0.3, 0.4) is 0 Å². The molecule has 0 aromatic heterocycles. The predicted octanol–water partition coefficient (Wildman–Crippen LogP) is 2.31. The maximum Gasteiger partial charge on any atom is 0.308 e. The second-order valence-corrected chi connectivity index (χ2v) is 5.54. The number of rotatable bonds is 5. The largest absolute Gasteiger partial charge is 0.481 e. The van der Waals surface area contributed by atoms with E-state index >= 15 is 0 Å². The Balaban J connectivity index is 3.26. The highest BCUT2D eigenvalue weighted by Crippen LogP contribution is 2.29. The van der Waals surface area contributed by atoms with Gasteiger partial charge in [-0.05, 0) is 32.4 Å². The third-order valence-electron chi connectivity index (χ3n) is 3.64. The summed E-state index contributed by atoms with van der Waals surface area (Å²) in [6, 6.07) is 1.60. The molecule has 0 spiro atoms. The molecular formula is C15H20N2O5. The van der Waals surface area contributed by atoms with Crippen LogP contribution in [0.1, 0.15) is 34.0 Å². The van der Waals surface area contributed by atoms with Gasteiger partial charge in [0.25, 0.3) is 11.6 Å². The average Bonchev–Trinajstić information content (AvgIpc) is 2.36. The van der Waals surface area contributed by atoms with Crippen LogP contribution in [0, 0.1) is 36.8 Å². The van der Waals surface area contributed by atoms with Crippen molar-refractivity contribution < 1.29 is 19.6 Å². The first kappa shape index (κ1) is 17.6. The molecule has 1 atom stereocenters. The maximum atomic E-state index is 12.5. The van der Waals surface area contributed by atoms with E-state index in [1.807, 2.05) is 0 Å². The Morgan fingerprint density at radius 1 is 1.32 bits per heavy atom. The first-order valence-electron chi connectivity index (χ1n) is 6.81. The van der Waals surface area contributed by atoms with Crippen LogP contribution in [0.2, 0.25) is 0 Å². The second kappa shape index (κ2) is 6.55. The number of carbonyl (C=O) groups excluding carboxylic acids is 1. The van der Waals surface area contributed by atoms with Crippen molar-refractivity contribution in [3.63, 3.8) is 0 Å². The van der Waals surface area contributed by atoms with Crippen LogP contribution in [-0.4, -0.2) is 40.4 Å². The summed E-state index contributed by atoms with van der Waals surface area (Å²) in [6.45, 7) is 6.42. The lowest BCUT2D eigenvalue weighted by Crippen LogP contribution is -2.34. The summed E-state index contributed by atoms with van der Waals surface area (Å²) in [5.74, 6) is -2.12. The summed E-state index contributed by atoms with van der Waals surface area (Å²) >= 11 is 0. The molecule has 0 bridgehead atoms. The van der Waals surface area contributed by atoms with E-state index < -0.39 is 22.7 Å². The van der Waals surface area contributed by atoms with Gasteiger partial charge in [-0.3, -0.25) is 19.7 Å². The van der Waals surface area contributed by atoms with Crippen LogP contribution < -0.4 is 0 Å². The number of hydrogen-bond donors (Lipinski definition) is 1. The second-order valence-electron chi connectivity index (χ2n) is 5.54. The summed E-state index contributed by atoms with van der Waals surface area (Å²) < 4.78 is 0. The summed E-state index contributed by atoms with van der Waals surface area (Å²) in [4.78, 5) is 35.4. The molecule has 0 aliphatic heterocycles. The van der Waals surface area contributed by atoms with E-state index in [0.717, 1.165) is 0 Å². The third-order valence-corrected chi connectivity index (χ3v) is 3.64. The van der Waals surface area contributed by atoms with Gasteiger partial charge in [0.05, 0.1) is 16.4 Å². The van der Waals surface area contributed by atoms with Gasteiger partial charge in [-0.2, -0.15) is 0 Å². The van der Waals surface area contributed by atoms with E-state index in [0.29, 0.717) is 16.7 Å². The van der Waals surface area contributed by atoms with Crippen molar-refractivity contribution >= 4 is 17.6 Å². The normalized spacial score (nSPS) is 11.9. The van der Waals surface area contributed by atoms with Crippen LogP contribution in [0.4, 0.5) is 5.69 Å². The minimum atomic E-state index is -0.997. The molecule has 1 aromatic rings. The summed E-state index contributed by atoms with van der Waals surface area (Å²) in [5.41, 5.74) is 1.63. The zero-order valence-corrected chi connectivity index (χ0v) is 13.3. The van der Waals surface area contributed by atoms with E-state index in [2.05, 4.69) is 0 Å². The van der Waals surface area contributed by atoms with Crippen LogP contribution in [-0.2, 0) is 4.79 Å². The van der Waals surface area contributed by atoms with Crippen molar-refractivity contribution in [3.8, 4) is 0 Å².